The Morgan fingerprint density at radius 2 is 2.35 bits per heavy atom. The molecule has 0 atom stereocenters. The van der Waals surface area contributed by atoms with E-state index in [0.717, 1.165) is 0 Å². The Labute approximate surface area is 102 Å². The molecule has 0 aliphatic heterocycles. The predicted molar refractivity (Wildman–Crippen MR) is 61.5 cm³/mol. The number of carbonyl (C=O) groups excluding carboxylic acids is 1. The number of halogens is 1. The van der Waals surface area contributed by atoms with Crippen LogP contribution in [0.1, 0.15) is 5.82 Å². The molecule has 0 unspecified atom stereocenters. The van der Waals surface area contributed by atoms with Gasteiger partial charge >= 0.3 is 6.03 Å². The van der Waals surface area contributed by atoms with Gasteiger partial charge in [-0.05, 0) is 18.2 Å². The van der Waals surface area contributed by atoms with Crippen LogP contribution in [0.15, 0.2) is 24.3 Å². The Balaban J connectivity index is 1.85. The van der Waals surface area contributed by atoms with Gasteiger partial charge in [0, 0.05) is 10.7 Å². The Kier molecular flexibility index (Phi) is 3.51. The van der Waals surface area contributed by atoms with Crippen LogP contribution in [-0.2, 0) is 6.54 Å². The van der Waals surface area contributed by atoms with E-state index in [-0.39, 0.29) is 12.6 Å². The first-order chi connectivity index (χ1) is 8.24. The summed E-state index contributed by atoms with van der Waals surface area (Å²) >= 11 is 5.78. The molecular formula is C9H9ClN6O. The van der Waals surface area contributed by atoms with Crippen LogP contribution in [0.25, 0.3) is 0 Å². The van der Waals surface area contributed by atoms with Gasteiger partial charge in [0.15, 0.2) is 5.82 Å². The molecule has 7 nitrogen and oxygen atoms in total. The molecule has 0 aliphatic carbocycles. The van der Waals surface area contributed by atoms with E-state index in [1.807, 2.05) is 0 Å². The van der Waals surface area contributed by atoms with Crippen molar-refractivity contribution in [3.05, 3.63) is 35.1 Å². The average molecular weight is 253 g/mol. The maximum Gasteiger partial charge on any atom is 0.319 e. The van der Waals surface area contributed by atoms with Crippen molar-refractivity contribution in [2.24, 2.45) is 0 Å². The zero-order chi connectivity index (χ0) is 12.1. The van der Waals surface area contributed by atoms with E-state index < -0.39 is 0 Å². The maximum absolute atomic E-state index is 11.5. The zero-order valence-corrected chi connectivity index (χ0v) is 9.40. The summed E-state index contributed by atoms with van der Waals surface area (Å²) in [5, 5.41) is 18.8. The lowest BCUT2D eigenvalue weighted by Gasteiger charge is -2.05. The fraction of sp³-hybridized carbons (Fsp3) is 0.111. The van der Waals surface area contributed by atoms with Crippen molar-refractivity contribution in [2.75, 3.05) is 5.32 Å². The number of tetrazole rings is 1. The second-order valence-corrected chi connectivity index (χ2v) is 3.58. The molecule has 1 aromatic heterocycles. The van der Waals surface area contributed by atoms with Gasteiger partial charge < -0.3 is 10.6 Å². The number of anilines is 1. The van der Waals surface area contributed by atoms with Gasteiger partial charge in [-0.1, -0.05) is 22.9 Å². The van der Waals surface area contributed by atoms with Gasteiger partial charge in [-0.2, -0.15) is 5.21 Å². The van der Waals surface area contributed by atoms with Crippen molar-refractivity contribution in [2.45, 2.75) is 6.54 Å². The van der Waals surface area contributed by atoms with E-state index in [0.29, 0.717) is 16.5 Å². The highest BCUT2D eigenvalue weighted by Crippen LogP contribution is 2.14. The minimum atomic E-state index is -0.364. The molecule has 17 heavy (non-hydrogen) atoms. The summed E-state index contributed by atoms with van der Waals surface area (Å²) in [6.07, 6.45) is 0. The highest BCUT2D eigenvalue weighted by atomic mass is 35.5. The molecule has 0 bridgehead atoms. The normalized spacial score (nSPS) is 9.94. The molecule has 3 N–H and O–H groups in total. The number of amides is 2. The van der Waals surface area contributed by atoms with Crippen molar-refractivity contribution in [3.63, 3.8) is 0 Å². The number of rotatable bonds is 3. The molecule has 0 saturated heterocycles. The van der Waals surface area contributed by atoms with E-state index in [4.69, 9.17) is 11.6 Å². The third kappa shape index (κ3) is 3.42. The van der Waals surface area contributed by atoms with E-state index >= 15 is 0 Å². The second-order valence-electron chi connectivity index (χ2n) is 3.15. The number of aromatic amines is 1. The lowest BCUT2D eigenvalue weighted by Crippen LogP contribution is -2.28. The number of nitrogens with one attached hydrogen (secondary N) is 3. The van der Waals surface area contributed by atoms with Gasteiger partial charge in [0.2, 0.25) is 0 Å². The van der Waals surface area contributed by atoms with Gasteiger partial charge in [-0.15, -0.1) is 10.2 Å². The maximum atomic E-state index is 11.5. The predicted octanol–water partition coefficient (Wildman–Crippen LogP) is 1.17. The Bertz CT molecular complexity index is 500. The molecule has 2 rings (SSSR count). The van der Waals surface area contributed by atoms with E-state index in [1.165, 1.54) is 0 Å². The SMILES string of the molecule is O=C(NCc1nn[nH]n1)Nc1cccc(Cl)c1. The second kappa shape index (κ2) is 5.26. The number of hydrogen-bond acceptors (Lipinski definition) is 4. The molecule has 1 heterocycles. The smallest absolute Gasteiger partial charge is 0.319 e. The molecule has 0 aliphatic rings. The van der Waals surface area contributed by atoms with Gasteiger partial charge in [-0.25, -0.2) is 4.79 Å². The number of urea groups is 1. The van der Waals surface area contributed by atoms with Crippen LogP contribution in [0.2, 0.25) is 5.02 Å². The standard InChI is InChI=1S/C9H9ClN6O/c10-6-2-1-3-7(4-6)12-9(17)11-5-8-13-15-16-14-8/h1-4H,5H2,(H2,11,12,17)(H,13,14,15,16). The lowest BCUT2D eigenvalue weighted by molar-refractivity contribution is 0.251. The van der Waals surface area contributed by atoms with Gasteiger partial charge in [0.05, 0.1) is 6.54 Å². The fourth-order valence-corrected chi connectivity index (χ4v) is 1.35. The van der Waals surface area contributed by atoms with Crippen LogP contribution in [0.5, 0.6) is 0 Å². The quantitative estimate of drug-likeness (QED) is 0.764. The molecule has 0 spiro atoms. The minimum Gasteiger partial charge on any atom is -0.330 e. The third-order valence-electron chi connectivity index (χ3n) is 1.88. The Hall–Kier alpha value is -2.15. The Morgan fingerprint density at radius 1 is 1.47 bits per heavy atom. The van der Waals surface area contributed by atoms with Crippen LogP contribution in [0.3, 0.4) is 0 Å². The topological polar surface area (TPSA) is 95.6 Å². The van der Waals surface area contributed by atoms with Crippen molar-refractivity contribution in [3.8, 4) is 0 Å². The van der Waals surface area contributed by atoms with Crippen molar-refractivity contribution >= 4 is 23.3 Å². The van der Waals surface area contributed by atoms with Crippen LogP contribution in [0.4, 0.5) is 10.5 Å². The molecule has 2 aromatic rings. The van der Waals surface area contributed by atoms with E-state index in [9.17, 15) is 4.79 Å². The van der Waals surface area contributed by atoms with Crippen LogP contribution in [0, 0.1) is 0 Å². The molecule has 0 fully saturated rings. The van der Waals surface area contributed by atoms with Crippen molar-refractivity contribution in [1.29, 1.82) is 0 Å². The number of carbonyl (C=O) groups is 1. The monoisotopic (exact) mass is 252 g/mol. The van der Waals surface area contributed by atoms with Crippen LogP contribution in [-0.4, -0.2) is 26.7 Å². The average Bonchev–Trinajstić information content (AvgIpc) is 2.79. The number of nitrogens with zero attached hydrogens (tertiary/aromatic N) is 3. The number of benzene rings is 1. The van der Waals surface area contributed by atoms with Crippen LogP contribution < -0.4 is 10.6 Å². The van der Waals surface area contributed by atoms with Crippen molar-refractivity contribution < 1.29 is 4.79 Å². The largest absolute Gasteiger partial charge is 0.330 e. The first kappa shape index (κ1) is 11.3. The summed E-state index contributed by atoms with van der Waals surface area (Å²) in [5.74, 6) is 0.409. The fourth-order valence-electron chi connectivity index (χ4n) is 1.16. The third-order valence-corrected chi connectivity index (χ3v) is 2.11. The highest BCUT2D eigenvalue weighted by molar-refractivity contribution is 6.30. The first-order valence-corrected chi connectivity index (χ1v) is 5.14. The summed E-state index contributed by atoms with van der Waals surface area (Å²) in [4.78, 5) is 11.5. The summed E-state index contributed by atoms with van der Waals surface area (Å²) in [6.45, 7) is 0.197. The Morgan fingerprint density at radius 3 is 3.06 bits per heavy atom. The molecule has 88 valence electrons. The zero-order valence-electron chi connectivity index (χ0n) is 8.64. The van der Waals surface area contributed by atoms with Gasteiger partial charge in [0.1, 0.15) is 0 Å². The molecule has 2 amide bonds. The molecule has 1 aromatic carbocycles. The number of aromatic nitrogens is 4. The number of H-pyrrole nitrogens is 1. The number of hydrogen-bond donors (Lipinski definition) is 3. The first-order valence-electron chi connectivity index (χ1n) is 4.77. The highest BCUT2D eigenvalue weighted by Gasteiger charge is 2.03. The summed E-state index contributed by atoms with van der Waals surface area (Å²) in [7, 11) is 0. The van der Waals surface area contributed by atoms with Crippen molar-refractivity contribution in [1.82, 2.24) is 25.9 Å². The minimum absolute atomic E-state index is 0.197. The molecule has 8 heteroatoms. The van der Waals surface area contributed by atoms with Gasteiger partial charge in [0.25, 0.3) is 0 Å². The summed E-state index contributed by atoms with van der Waals surface area (Å²) in [5.41, 5.74) is 0.614. The van der Waals surface area contributed by atoms with E-state index in [1.54, 1.807) is 24.3 Å². The molecule has 0 saturated carbocycles. The molecule has 0 radical (unpaired) electrons. The summed E-state index contributed by atoms with van der Waals surface area (Å²) < 4.78 is 0. The summed E-state index contributed by atoms with van der Waals surface area (Å²) in [6, 6.07) is 6.49. The molecular weight excluding hydrogens is 244 g/mol. The lowest BCUT2D eigenvalue weighted by atomic mass is 10.3. The van der Waals surface area contributed by atoms with Gasteiger partial charge in [-0.3, -0.25) is 0 Å². The van der Waals surface area contributed by atoms with E-state index in [2.05, 4.69) is 31.3 Å². The van der Waals surface area contributed by atoms with Crippen LogP contribution >= 0.6 is 11.6 Å².